The minimum Gasteiger partial charge on any atom is -0.374 e. The monoisotopic (exact) mass is 310 g/mol. The molecule has 0 fully saturated rings. The summed E-state index contributed by atoms with van der Waals surface area (Å²) in [5.74, 6) is -0.0530. The third kappa shape index (κ3) is 5.25. The maximum Gasteiger partial charge on any atom is 0.242 e. The van der Waals surface area contributed by atoms with Crippen LogP contribution in [0.25, 0.3) is 0 Å². The first-order valence-corrected chi connectivity index (χ1v) is 7.75. The highest BCUT2D eigenvalue weighted by Gasteiger charge is 2.12. The molecule has 0 aliphatic carbocycles. The van der Waals surface area contributed by atoms with E-state index in [0.29, 0.717) is 12.1 Å². The molecule has 0 spiro atoms. The minimum absolute atomic E-state index is 0.00798. The number of hydrogen-bond donors (Lipinski definition) is 2. The Bertz CT molecular complexity index is 668. The molecule has 0 saturated carbocycles. The molecule has 0 radical (unpaired) electrons. The van der Waals surface area contributed by atoms with Crippen LogP contribution >= 0.6 is 0 Å². The van der Waals surface area contributed by atoms with Crippen molar-refractivity contribution in [1.29, 1.82) is 0 Å². The molecule has 4 nitrogen and oxygen atoms in total. The zero-order valence-electron chi connectivity index (χ0n) is 13.5. The molecule has 4 heteroatoms. The summed E-state index contributed by atoms with van der Waals surface area (Å²) < 4.78 is 0. The van der Waals surface area contributed by atoms with Crippen molar-refractivity contribution in [2.75, 3.05) is 11.9 Å². The zero-order valence-corrected chi connectivity index (χ0v) is 13.5. The Balaban J connectivity index is 1.83. The quantitative estimate of drug-likeness (QED) is 0.773. The topological polar surface area (TPSA) is 58.2 Å². The van der Waals surface area contributed by atoms with Crippen molar-refractivity contribution in [1.82, 2.24) is 5.32 Å². The van der Waals surface area contributed by atoms with E-state index < -0.39 is 0 Å². The standard InChI is InChI=1S/C19H22N2O2/c1-14(21-18-10-6-9-17(13-18)15(2)22)19(23)20-12-11-16-7-4-3-5-8-16/h3-10,13-14,21H,11-12H2,1-2H3,(H,20,23)/t14-/m0/s1. The van der Waals surface area contributed by atoms with E-state index in [2.05, 4.69) is 10.6 Å². The molecule has 0 saturated heterocycles. The average Bonchev–Trinajstić information content (AvgIpc) is 2.56. The van der Waals surface area contributed by atoms with Crippen LogP contribution in [0, 0.1) is 0 Å². The van der Waals surface area contributed by atoms with Gasteiger partial charge in [0.1, 0.15) is 6.04 Å². The third-order valence-corrected chi connectivity index (χ3v) is 3.60. The molecule has 2 aromatic carbocycles. The molecular weight excluding hydrogens is 288 g/mol. The predicted octanol–water partition coefficient (Wildman–Crippen LogP) is 3.05. The number of Topliss-reactive ketones (excluding diaryl/α,β-unsaturated/α-hetero) is 1. The number of rotatable bonds is 7. The van der Waals surface area contributed by atoms with Gasteiger partial charge in [0, 0.05) is 17.8 Å². The zero-order chi connectivity index (χ0) is 16.7. The highest BCUT2D eigenvalue weighted by atomic mass is 16.2. The van der Waals surface area contributed by atoms with E-state index in [1.165, 1.54) is 12.5 Å². The number of carbonyl (C=O) groups excluding carboxylic acids is 2. The molecule has 0 unspecified atom stereocenters. The van der Waals surface area contributed by atoms with Gasteiger partial charge < -0.3 is 10.6 Å². The maximum atomic E-state index is 12.1. The van der Waals surface area contributed by atoms with E-state index in [-0.39, 0.29) is 17.7 Å². The molecule has 120 valence electrons. The van der Waals surface area contributed by atoms with E-state index in [1.54, 1.807) is 25.1 Å². The van der Waals surface area contributed by atoms with Gasteiger partial charge in [-0.05, 0) is 38.0 Å². The van der Waals surface area contributed by atoms with Gasteiger partial charge in [0.05, 0.1) is 0 Å². The molecule has 1 amide bonds. The van der Waals surface area contributed by atoms with Crippen LogP contribution in [0.4, 0.5) is 5.69 Å². The van der Waals surface area contributed by atoms with Crippen LogP contribution in [0.3, 0.4) is 0 Å². The summed E-state index contributed by atoms with van der Waals surface area (Å²) in [6.07, 6.45) is 0.805. The van der Waals surface area contributed by atoms with E-state index in [9.17, 15) is 9.59 Å². The third-order valence-electron chi connectivity index (χ3n) is 3.60. The van der Waals surface area contributed by atoms with Gasteiger partial charge in [-0.1, -0.05) is 42.5 Å². The van der Waals surface area contributed by atoms with Gasteiger partial charge in [-0.15, -0.1) is 0 Å². The molecule has 0 aromatic heterocycles. The lowest BCUT2D eigenvalue weighted by atomic mass is 10.1. The lowest BCUT2D eigenvalue weighted by Gasteiger charge is -2.15. The van der Waals surface area contributed by atoms with Crippen LogP contribution in [0.2, 0.25) is 0 Å². The maximum absolute atomic E-state index is 12.1. The van der Waals surface area contributed by atoms with E-state index in [4.69, 9.17) is 0 Å². The van der Waals surface area contributed by atoms with Crippen molar-refractivity contribution >= 4 is 17.4 Å². The van der Waals surface area contributed by atoms with Gasteiger partial charge in [-0.3, -0.25) is 9.59 Å². The van der Waals surface area contributed by atoms with Crippen molar-refractivity contribution < 1.29 is 9.59 Å². The number of benzene rings is 2. The number of amides is 1. The van der Waals surface area contributed by atoms with Crippen molar-refractivity contribution in [3.05, 3.63) is 65.7 Å². The predicted molar refractivity (Wildman–Crippen MR) is 92.7 cm³/mol. The molecule has 0 bridgehead atoms. The van der Waals surface area contributed by atoms with Crippen molar-refractivity contribution in [3.63, 3.8) is 0 Å². The smallest absolute Gasteiger partial charge is 0.242 e. The molecular formula is C19H22N2O2. The summed E-state index contributed by atoms with van der Waals surface area (Å²) >= 11 is 0. The molecule has 0 heterocycles. The molecule has 2 aromatic rings. The fraction of sp³-hybridized carbons (Fsp3) is 0.263. The normalized spacial score (nSPS) is 11.6. The summed E-state index contributed by atoms with van der Waals surface area (Å²) in [7, 11) is 0. The fourth-order valence-electron chi connectivity index (χ4n) is 2.27. The second-order valence-corrected chi connectivity index (χ2v) is 5.53. The number of ketones is 1. The Morgan fingerprint density at radius 1 is 1.04 bits per heavy atom. The van der Waals surface area contributed by atoms with E-state index in [0.717, 1.165) is 12.1 Å². The number of anilines is 1. The highest BCUT2D eigenvalue weighted by molar-refractivity contribution is 5.95. The SMILES string of the molecule is CC(=O)c1cccc(N[C@@H](C)C(=O)NCCc2ccccc2)c1. The Morgan fingerprint density at radius 2 is 1.78 bits per heavy atom. The molecule has 1 atom stereocenters. The van der Waals surface area contributed by atoms with Crippen LogP contribution in [-0.2, 0) is 11.2 Å². The van der Waals surface area contributed by atoms with Gasteiger partial charge in [-0.2, -0.15) is 0 Å². The first-order chi connectivity index (χ1) is 11.1. The Labute approximate surface area is 136 Å². The number of hydrogen-bond acceptors (Lipinski definition) is 3. The van der Waals surface area contributed by atoms with Crippen LogP contribution in [0.15, 0.2) is 54.6 Å². The summed E-state index contributed by atoms with van der Waals surface area (Å²) in [5.41, 5.74) is 2.60. The van der Waals surface area contributed by atoms with Crippen LogP contribution in [0.1, 0.15) is 29.8 Å². The van der Waals surface area contributed by atoms with Crippen molar-refractivity contribution in [2.24, 2.45) is 0 Å². The van der Waals surface area contributed by atoms with Gasteiger partial charge >= 0.3 is 0 Å². The van der Waals surface area contributed by atoms with Gasteiger partial charge in [-0.25, -0.2) is 0 Å². The second kappa shape index (κ2) is 8.13. The number of carbonyl (C=O) groups is 2. The summed E-state index contributed by atoms with van der Waals surface area (Å²) in [4.78, 5) is 23.5. The second-order valence-electron chi connectivity index (χ2n) is 5.53. The van der Waals surface area contributed by atoms with Gasteiger partial charge in [0.25, 0.3) is 0 Å². The molecule has 23 heavy (non-hydrogen) atoms. The Hall–Kier alpha value is -2.62. The van der Waals surface area contributed by atoms with Crippen molar-refractivity contribution in [2.45, 2.75) is 26.3 Å². The van der Waals surface area contributed by atoms with Gasteiger partial charge in [0.15, 0.2) is 5.78 Å². The van der Waals surface area contributed by atoms with E-state index in [1.807, 2.05) is 36.4 Å². The summed E-state index contributed by atoms with van der Waals surface area (Å²) in [5, 5.41) is 6.04. The average molecular weight is 310 g/mol. The highest BCUT2D eigenvalue weighted by Crippen LogP contribution is 2.12. The minimum atomic E-state index is -0.368. The van der Waals surface area contributed by atoms with Crippen LogP contribution in [0.5, 0.6) is 0 Å². The lowest BCUT2D eigenvalue weighted by molar-refractivity contribution is -0.121. The van der Waals surface area contributed by atoms with Crippen LogP contribution < -0.4 is 10.6 Å². The summed E-state index contributed by atoms with van der Waals surface area (Å²) in [6, 6.07) is 16.8. The molecule has 0 aliphatic heterocycles. The molecule has 2 N–H and O–H groups in total. The van der Waals surface area contributed by atoms with Crippen LogP contribution in [-0.4, -0.2) is 24.3 Å². The summed E-state index contributed by atoms with van der Waals surface area (Å²) in [6.45, 7) is 3.93. The first kappa shape index (κ1) is 16.7. The van der Waals surface area contributed by atoms with E-state index >= 15 is 0 Å². The fourth-order valence-corrected chi connectivity index (χ4v) is 2.27. The molecule has 2 rings (SSSR count). The Morgan fingerprint density at radius 3 is 2.48 bits per heavy atom. The largest absolute Gasteiger partial charge is 0.374 e. The Kier molecular flexibility index (Phi) is 5.92. The molecule has 0 aliphatic rings. The van der Waals surface area contributed by atoms with Crippen molar-refractivity contribution in [3.8, 4) is 0 Å². The van der Waals surface area contributed by atoms with Gasteiger partial charge in [0.2, 0.25) is 5.91 Å². The lowest BCUT2D eigenvalue weighted by Crippen LogP contribution is -2.38. The first-order valence-electron chi connectivity index (χ1n) is 7.75. The number of nitrogens with one attached hydrogen (secondary N) is 2.